The maximum absolute atomic E-state index is 4.99. The van der Waals surface area contributed by atoms with Gasteiger partial charge >= 0.3 is 0 Å². The third kappa shape index (κ3) is 5.82. The summed E-state index contributed by atoms with van der Waals surface area (Å²) in [7, 11) is 0. The number of hydrogen-bond acceptors (Lipinski definition) is 4. The van der Waals surface area contributed by atoms with Crippen LogP contribution in [0.3, 0.4) is 0 Å². The normalized spacial score (nSPS) is 22.9. The van der Waals surface area contributed by atoms with Crippen LogP contribution in [0.4, 0.5) is 5.69 Å². The number of guanidine groups is 1. The highest BCUT2D eigenvalue weighted by Crippen LogP contribution is 2.27. The second kappa shape index (κ2) is 11.4. The Morgan fingerprint density at radius 2 is 1.94 bits per heavy atom. The van der Waals surface area contributed by atoms with Crippen molar-refractivity contribution in [1.29, 1.82) is 0 Å². The minimum absolute atomic E-state index is 0.455. The van der Waals surface area contributed by atoms with Crippen LogP contribution in [0.2, 0.25) is 0 Å². The molecule has 2 saturated heterocycles. The van der Waals surface area contributed by atoms with Gasteiger partial charge in [0.05, 0.1) is 12.4 Å². The molecule has 1 aromatic heterocycles. The molecule has 2 aliphatic rings. The zero-order chi connectivity index (χ0) is 22.2. The van der Waals surface area contributed by atoms with Crippen LogP contribution < -0.4 is 10.2 Å². The van der Waals surface area contributed by atoms with E-state index in [1.807, 2.05) is 12.5 Å². The zero-order valence-electron chi connectivity index (χ0n) is 19.7. The monoisotopic (exact) mass is 437 g/mol. The van der Waals surface area contributed by atoms with Gasteiger partial charge in [-0.15, -0.1) is 0 Å². The van der Waals surface area contributed by atoms with E-state index >= 15 is 0 Å². The molecule has 0 bridgehead atoms. The molecule has 2 unspecified atom stereocenters. The molecule has 4 rings (SSSR count). The molecule has 2 aliphatic heterocycles. The van der Waals surface area contributed by atoms with E-state index in [4.69, 9.17) is 4.99 Å². The van der Waals surface area contributed by atoms with Gasteiger partial charge in [-0.3, -0.25) is 9.89 Å². The Morgan fingerprint density at radius 1 is 1.12 bits per heavy atom. The van der Waals surface area contributed by atoms with Crippen molar-refractivity contribution >= 4 is 11.6 Å². The first kappa shape index (κ1) is 22.6. The highest BCUT2D eigenvalue weighted by molar-refractivity contribution is 5.80. The average molecular weight is 438 g/mol. The highest BCUT2D eigenvalue weighted by Gasteiger charge is 2.28. The summed E-state index contributed by atoms with van der Waals surface area (Å²) in [6.07, 6.45) is 8.21. The highest BCUT2D eigenvalue weighted by atomic mass is 15.3. The zero-order valence-corrected chi connectivity index (χ0v) is 19.7. The first-order valence-electron chi connectivity index (χ1n) is 12.3. The van der Waals surface area contributed by atoms with Crippen LogP contribution in [0.5, 0.6) is 0 Å². The number of imidazole rings is 1. The molecule has 1 N–H and O–H groups in total. The fourth-order valence-corrected chi connectivity index (χ4v) is 4.87. The molecule has 0 amide bonds. The summed E-state index contributed by atoms with van der Waals surface area (Å²) < 4.78 is 2.26. The SMILES string of the molecule is CCNC(=NCCCN1CCN(c2ccccc2)CC1)N1CCC(C)C(n2ccnc2)C1. The smallest absolute Gasteiger partial charge is 0.193 e. The third-order valence-electron chi connectivity index (χ3n) is 6.85. The molecule has 1 aromatic carbocycles. The van der Waals surface area contributed by atoms with Crippen molar-refractivity contribution in [3.05, 3.63) is 49.1 Å². The van der Waals surface area contributed by atoms with Gasteiger partial charge in [-0.2, -0.15) is 0 Å². The number of benzene rings is 1. The second-order valence-electron chi connectivity index (χ2n) is 9.04. The van der Waals surface area contributed by atoms with E-state index in [2.05, 4.69) is 79.9 Å². The second-order valence-corrected chi connectivity index (χ2v) is 9.04. The molecule has 3 heterocycles. The molecule has 32 heavy (non-hydrogen) atoms. The number of aromatic nitrogens is 2. The topological polar surface area (TPSA) is 51.9 Å². The minimum atomic E-state index is 0.455. The Balaban J connectivity index is 1.24. The molecule has 2 atom stereocenters. The number of aliphatic imine (C=N–C) groups is 1. The summed E-state index contributed by atoms with van der Waals surface area (Å²) >= 11 is 0. The number of anilines is 1. The number of likely N-dealkylation sites (tertiary alicyclic amines) is 1. The Kier molecular flexibility index (Phi) is 8.04. The number of piperazine rings is 1. The van der Waals surface area contributed by atoms with Crippen molar-refractivity contribution < 1.29 is 0 Å². The quantitative estimate of drug-likeness (QED) is 0.410. The van der Waals surface area contributed by atoms with Crippen LogP contribution in [0, 0.1) is 5.92 Å². The van der Waals surface area contributed by atoms with Crippen molar-refractivity contribution in [3.63, 3.8) is 0 Å². The Bertz CT molecular complexity index is 812. The van der Waals surface area contributed by atoms with Gasteiger partial charge in [0, 0.05) is 77.0 Å². The molecular weight excluding hydrogens is 398 g/mol. The van der Waals surface area contributed by atoms with Crippen LogP contribution in [-0.4, -0.2) is 84.2 Å². The maximum atomic E-state index is 4.99. The van der Waals surface area contributed by atoms with Gasteiger partial charge in [0.1, 0.15) is 0 Å². The van der Waals surface area contributed by atoms with Crippen molar-refractivity contribution in [2.45, 2.75) is 32.7 Å². The summed E-state index contributed by atoms with van der Waals surface area (Å²) in [6, 6.07) is 11.2. The summed E-state index contributed by atoms with van der Waals surface area (Å²) in [4.78, 5) is 16.8. The maximum Gasteiger partial charge on any atom is 0.193 e. The summed E-state index contributed by atoms with van der Waals surface area (Å²) in [5.41, 5.74) is 1.34. The molecule has 0 saturated carbocycles. The fourth-order valence-electron chi connectivity index (χ4n) is 4.87. The van der Waals surface area contributed by atoms with E-state index in [0.29, 0.717) is 12.0 Å². The number of nitrogens with zero attached hydrogens (tertiary/aromatic N) is 6. The van der Waals surface area contributed by atoms with Crippen molar-refractivity contribution in [2.24, 2.45) is 10.9 Å². The molecule has 0 spiro atoms. The fraction of sp³-hybridized carbons (Fsp3) is 0.600. The lowest BCUT2D eigenvalue weighted by Crippen LogP contribution is -2.49. The standard InChI is InChI=1S/C25H39N7/c1-3-27-25(31-14-10-22(2)24(20-31)32-15-12-26-21-32)28-11-7-13-29-16-18-30(19-17-29)23-8-5-4-6-9-23/h4-6,8-9,12,15,21-22,24H,3,7,10-11,13-14,16-20H2,1-2H3,(H,27,28). The van der Waals surface area contributed by atoms with Crippen LogP contribution in [-0.2, 0) is 0 Å². The predicted octanol–water partition coefficient (Wildman–Crippen LogP) is 2.94. The van der Waals surface area contributed by atoms with Crippen LogP contribution >= 0.6 is 0 Å². The van der Waals surface area contributed by atoms with Gasteiger partial charge in [0.2, 0.25) is 0 Å². The molecule has 2 fully saturated rings. The number of hydrogen-bond donors (Lipinski definition) is 1. The molecule has 0 radical (unpaired) electrons. The molecular formula is C25H39N7. The predicted molar refractivity (Wildman–Crippen MR) is 132 cm³/mol. The van der Waals surface area contributed by atoms with Crippen LogP contribution in [0.15, 0.2) is 54.0 Å². The van der Waals surface area contributed by atoms with Crippen molar-refractivity contribution in [2.75, 3.05) is 63.8 Å². The van der Waals surface area contributed by atoms with E-state index in [1.165, 1.54) is 12.1 Å². The number of nitrogens with one attached hydrogen (secondary N) is 1. The Hall–Kier alpha value is -2.54. The third-order valence-corrected chi connectivity index (χ3v) is 6.85. The van der Waals surface area contributed by atoms with E-state index < -0.39 is 0 Å². The summed E-state index contributed by atoms with van der Waals surface area (Å²) in [5.74, 6) is 1.72. The first-order valence-corrected chi connectivity index (χ1v) is 12.3. The van der Waals surface area contributed by atoms with Gasteiger partial charge in [-0.1, -0.05) is 25.1 Å². The van der Waals surface area contributed by atoms with Gasteiger partial charge in [-0.05, 0) is 37.8 Å². The molecule has 7 nitrogen and oxygen atoms in total. The van der Waals surface area contributed by atoms with Crippen LogP contribution in [0.25, 0.3) is 0 Å². The van der Waals surface area contributed by atoms with E-state index in [1.54, 1.807) is 0 Å². The summed E-state index contributed by atoms with van der Waals surface area (Å²) in [5, 5.41) is 3.53. The Morgan fingerprint density at radius 3 is 2.66 bits per heavy atom. The van der Waals surface area contributed by atoms with Gasteiger partial charge < -0.3 is 19.7 Å². The van der Waals surface area contributed by atoms with Crippen LogP contribution in [0.1, 0.15) is 32.7 Å². The van der Waals surface area contributed by atoms with E-state index in [9.17, 15) is 0 Å². The van der Waals surface area contributed by atoms with Gasteiger partial charge in [-0.25, -0.2) is 4.98 Å². The molecule has 2 aromatic rings. The number of para-hydroxylation sites is 1. The molecule has 174 valence electrons. The number of piperidine rings is 1. The van der Waals surface area contributed by atoms with E-state index in [-0.39, 0.29) is 0 Å². The average Bonchev–Trinajstić information content (AvgIpc) is 3.37. The van der Waals surface area contributed by atoms with Crippen molar-refractivity contribution in [3.8, 4) is 0 Å². The molecule has 7 heteroatoms. The lowest BCUT2D eigenvalue weighted by molar-refractivity contribution is 0.189. The van der Waals surface area contributed by atoms with E-state index in [0.717, 1.165) is 71.3 Å². The van der Waals surface area contributed by atoms with Gasteiger partial charge in [0.25, 0.3) is 0 Å². The lowest BCUT2D eigenvalue weighted by Gasteiger charge is -2.39. The molecule has 0 aliphatic carbocycles. The minimum Gasteiger partial charge on any atom is -0.369 e. The number of rotatable bonds is 7. The lowest BCUT2D eigenvalue weighted by atomic mass is 9.93. The largest absolute Gasteiger partial charge is 0.369 e. The Labute approximate surface area is 193 Å². The van der Waals surface area contributed by atoms with Crippen molar-refractivity contribution in [1.82, 2.24) is 24.7 Å². The summed E-state index contributed by atoms with van der Waals surface area (Å²) in [6.45, 7) is 14.0. The first-order chi connectivity index (χ1) is 15.7. The van der Waals surface area contributed by atoms with Gasteiger partial charge in [0.15, 0.2) is 5.96 Å².